The molecule has 1 aliphatic heterocycles. The number of aliphatic carboxylic acids is 1. The van der Waals surface area contributed by atoms with Gasteiger partial charge in [0.1, 0.15) is 17.5 Å². The molecule has 0 amide bonds. The first-order chi connectivity index (χ1) is 6.50. The van der Waals surface area contributed by atoms with Crippen LogP contribution in [0.4, 0.5) is 0 Å². The molecule has 0 aromatic rings. The number of aliphatic hydroxyl groups excluding tert-OH is 2. The van der Waals surface area contributed by atoms with E-state index >= 15 is 0 Å². The van der Waals surface area contributed by atoms with Gasteiger partial charge in [0.05, 0.1) is 0 Å². The SMILES string of the molecule is NC(CC1=CC(O)=C(O)BN1)C(=O)O. The quantitative estimate of drug-likeness (QED) is 0.368. The van der Waals surface area contributed by atoms with Crippen molar-refractivity contribution in [2.45, 2.75) is 12.5 Å². The van der Waals surface area contributed by atoms with E-state index in [4.69, 9.17) is 21.1 Å². The van der Waals surface area contributed by atoms with Crippen LogP contribution in [0.2, 0.25) is 0 Å². The first-order valence-electron chi connectivity index (χ1n) is 4.04. The minimum Gasteiger partial charge on any atom is -0.517 e. The van der Waals surface area contributed by atoms with Gasteiger partial charge in [-0.1, -0.05) is 0 Å². The molecule has 0 aromatic carbocycles. The highest BCUT2D eigenvalue weighted by Crippen LogP contribution is 2.10. The van der Waals surface area contributed by atoms with E-state index in [-0.39, 0.29) is 25.3 Å². The van der Waals surface area contributed by atoms with E-state index in [0.29, 0.717) is 5.70 Å². The zero-order valence-electron chi connectivity index (χ0n) is 7.40. The molecule has 1 heterocycles. The van der Waals surface area contributed by atoms with E-state index in [1.54, 1.807) is 0 Å². The van der Waals surface area contributed by atoms with Crippen LogP contribution in [0.3, 0.4) is 0 Å². The largest absolute Gasteiger partial charge is 0.517 e. The second-order valence-corrected chi connectivity index (χ2v) is 3.00. The molecule has 1 unspecified atom stereocenters. The van der Waals surface area contributed by atoms with E-state index in [9.17, 15) is 4.79 Å². The summed E-state index contributed by atoms with van der Waals surface area (Å²) in [5.41, 5.74) is 5.61. The fourth-order valence-electron chi connectivity index (χ4n) is 1.04. The fraction of sp³-hybridized carbons (Fsp3) is 0.286. The molecular formula is C7H11BN2O4. The molecular weight excluding hydrogens is 187 g/mol. The van der Waals surface area contributed by atoms with Gasteiger partial charge in [0.15, 0.2) is 0 Å². The van der Waals surface area contributed by atoms with Crippen molar-refractivity contribution in [3.63, 3.8) is 0 Å². The van der Waals surface area contributed by atoms with Crippen LogP contribution >= 0.6 is 0 Å². The highest BCUT2D eigenvalue weighted by Gasteiger charge is 2.18. The lowest BCUT2D eigenvalue weighted by atomic mass is 9.85. The zero-order chi connectivity index (χ0) is 10.7. The molecule has 6 N–H and O–H groups in total. The number of carboxylic acids is 1. The zero-order valence-corrected chi connectivity index (χ0v) is 7.40. The molecule has 7 heteroatoms. The van der Waals surface area contributed by atoms with Crippen molar-refractivity contribution in [3.8, 4) is 0 Å². The van der Waals surface area contributed by atoms with E-state index < -0.39 is 12.0 Å². The summed E-state index contributed by atoms with van der Waals surface area (Å²) >= 11 is 0. The number of carboxylic acid groups (broad SMARTS) is 1. The molecule has 0 bridgehead atoms. The maximum absolute atomic E-state index is 10.4. The number of allylic oxidation sites excluding steroid dienone is 1. The van der Waals surface area contributed by atoms with Crippen molar-refractivity contribution in [2.75, 3.05) is 0 Å². The number of hydrogen-bond donors (Lipinski definition) is 5. The first-order valence-corrected chi connectivity index (χ1v) is 4.04. The van der Waals surface area contributed by atoms with E-state index in [2.05, 4.69) is 5.23 Å². The second-order valence-electron chi connectivity index (χ2n) is 3.00. The van der Waals surface area contributed by atoms with Crippen molar-refractivity contribution < 1.29 is 20.1 Å². The van der Waals surface area contributed by atoms with Gasteiger partial charge < -0.3 is 26.3 Å². The molecule has 6 nitrogen and oxygen atoms in total. The van der Waals surface area contributed by atoms with Gasteiger partial charge >= 0.3 is 13.4 Å². The number of rotatable bonds is 3. The lowest BCUT2D eigenvalue weighted by Crippen LogP contribution is -2.35. The monoisotopic (exact) mass is 198 g/mol. The van der Waals surface area contributed by atoms with Crippen LogP contribution in [0.1, 0.15) is 6.42 Å². The summed E-state index contributed by atoms with van der Waals surface area (Å²) in [7, 11) is 0.0873. The summed E-state index contributed by atoms with van der Waals surface area (Å²) < 4.78 is 0. The van der Waals surface area contributed by atoms with Crippen LogP contribution in [0.25, 0.3) is 0 Å². The van der Waals surface area contributed by atoms with Gasteiger partial charge in [-0.3, -0.25) is 4.79 Å². The standard InChI is InChI=1S/C7H11BN2O4/c9-4(7(13)14)1-3-2-5(11)6(12)8-10-3/h2,4,8,10-12H,1,9H2,(H,13,14). The molecule has 0 aliphatic carbocycles. The number of aliphatic hydroxyl groups is 2. The Balaban J connectivity index is 2.64. The van der Waals surface area contributed by atoms with Gasteiger partial charge in [0.25, 0.3) is 0 Å². The average molecular weight is 198 g/mol. The van der Waals surface area contributed by atoms with Crippen LogP contribution < -0.4 is 11.0 Å². The lowest BCUT2D eigenvalue weighted by Gasteiger charge is -2.16. The minimum absolute atomic E-state index is 0.0873. The Bertz CT molecular complexity index is 313. The van der Waals surface area contributed by atoms with Gasteiger partial charge in [-0.2, -0.15) is 0 Å². The number of nitrogens with two attached hydrogens (primary N) is 1. The smallest absolute Gasteiger partial charge is 0.320 e. The van der Waals surface area contributed by atoms with Crippen molar-refractivity contribution in [3.05, 3.63) is 23.2 Å². The molecule has 14 heavy (non-hydrogen) atoms. The fourth-order valence-corrected chi connectivity index (χ4v) is 1.04. The van der Waals surface area contributed by atoms with Crippen molar-refractivity contribution in [1.29, 1.82) is 0 Å². The van der Waals surface area contributed by atoms with Crippen LogP contribution in [-0.4, -0.2) is 34.7 Å². The van der Waals surface area contributed by atoms with Gasteiger partial charge in [-0.25, -0.2) is 0 Å². The van der Waals surface area contributed by atoms with Gasteiger partial charge in [0.2, 0.25) is 0 Å². The van der Waals surface area contributed by atoms with E-state index in [0.717, 1.165) is 0 Å². The predicted octanol–water partition coefficient (Wildman–Crippen LogP) is -1.09. The predicted molar refractivity (Wildman–Crippen MR) is 50.9 cm³/mol. The molecule has 1 aliphatic rings. The Hall–Kier alpha value is -1.63. The molecule has 0 saturated carbocycles. The Kier molecular flexibility index (Phi) is 3.03. The molecule has 0 fully saturated rings. The van der Waals surface area contributed by atoms with E-state index in [1.807, 2.05) is 0 Å². The lowest BCUT2D eigenvalue weighted by molar-refractivity contribution is -0.138. The molecule has 0 spiro atoms. The first kappa shape index (κ1) is 10.5. The molecule has 0 saturated heterocycles. The second kappa shape index (κ2) is 4.06. The van der Waals surface area contributed by atoms with Gasteiger partial charge in [0, 0.05) is 18.2 Å². The Labute approximate surface area is 81.0 Å². The Morgan fingerprint density at radius 3 is 2.79 bits per heavy atom. The third-order valence-electron chi connectivity index (χ3n) is 1.85. The van der Waals surface area contributed by atoms with Crippen LogP contribution in [0.15, 0.2) is 23.2 Å². The van der Waals surface area contributed by atoms with E-state index in [1.165, 1.54) is 6.08 Å². The summed E-state index contributed by atoms with van der Waals surface area (Å²) in [4.78, 5) is 10.4. The van der Waals surface area contributed by atoms with Crippen LogP contribution in [0.5, 0.6) is 0 Å². The third-order valence-corrected chi connectivity index (χ3v) is 1.85. The van der Waals surface area contributed by atoms with Gasteiger partial charge in [-0.15, -0.1) is 0 Å². The maximum atomic E-state index is 10.4. The number of carbonyl (C=O) groups is 1. The molecule has 1 rings (SSSR count). The minimum atomic E-state index is -1.11. The Morgan fingerprint density at radius 1 is 1.64 bits per heavy atom. The average Bonchev–Trinajstić information content (AvgIpc) is 2.11. The normalized spacial score (nSPS) is 17.9. The highest BCUT2D eigenvalue weighted by atomic mass is 16.4. The van der Waals surface area contributed by atoms with Crippen molar-refractivity contribution >= 4 is 13.4 Å². The highest BCUT2D eigenvalue weighted by molar-refractivity contribution is 6.42. The van der Waals surface area contributed by atoms with Crippen molar-refractivity contribution in [1.82, 2.24) is 5.23 Å². The molecule has 1 atom stereocenters. The van der Waals surface area contributed by atoms with Crippen molar-refractivity contribution in [2.24, 2.45) is 5.73 Å². The maximum Gasteiger partial charge on any atom is 0.320 e. The summed E-state index contributed by atoms with van der Waals surface area (Å²) in [5.74, 6) is -1.36. The number of nitrogens with one attached hydrogen (secondary N) is 1. The summed E-state index contributed by atoms with van der Waals surface area (Å²) in [5, 5.41) is 29.4. The summed E-state index contributed by atoms with van der Waals surface area (Å²) in [6.07, 6.45) is 1.36. The van der Waals surface area contributed by atoms with Gasteiger partial charge in [-0.05, 0) is 0 Å². The third kappa shape index (κ3) is 2.43. The summed E-state index contributed by atoms with van der Waals surface area (Å²) in [6, 6.07) is -1.01. The Morgan fingerprint density at radius 2 is 2.29 bits per heavy atom. The molecule has 0 radical (unpaired) electrons. The van der Waals surface area contributed by atoms with Crippen LogP contribution in [-0.2, 0) is 4.79 Å². The topological polar surface area (TPSA) is 116 Å². The van der Waals surface area contributed by atoms with Crippen LogP contribution in [0, 0.1) is 0 Å². The summed E-state index contributed by atoms with van der Waals surface area (Å²) in [6.45, 7) is 0. The molecule has 0 aromatic heterocycles. The number of hydrogen-bond acceptors (Lipinski definition) is 5. The molecule has 76 valence electrons.